The van der Waals surface area contributed by atoms with Gasteiger partial charge in [-0.15, -0.1) is 0 Å². The van der Waals surface area contributed by atoms with Crippen LogP contribution in [0.15, 0.2) is 29.8 Å². The number of nitrogens with zero attached hydrogens (tertiary/aromatic N) is 2. The summed E-state index contributed by atoms with van der Waals surface area (Å²) in [5, 5.41) is 11.0. The van der Waals surface area contributed by atoms with E-state index in [0.717, 1.165) is 30.5 Å². The normalized spacial score (nSPS) is 17.6. The van der Waals surface area contributed by atoms with Crippen LogP contribution < -0.4 is 4.74 Å². The summed E-state index contributed by atoms with van der Waals surface area (Å²) in [5.41, 5.74) is 3.67. The molecule has 0 atom stereocenters. The minimum Gasteiger partial charge on any atom is -0.507 e. The van der Waals surface area contributed by atoms with E-state index in [1.54, 1.807) is 25.1 Å². The van der Waals surface area contributed by atoms with Gasteiger partial charge in [0.25, 0.3) is 0 Å². The molecule has 0 unspecified atom stereocenters. The van der Waals surface area contributed by atoms with Gasteiger partial charge in [-0.3, -0.25) is 19.3 Å². The number of carbonyl (C=O) groups is 4. The van der Waals surface area contributed by atoms with Gasteiger partial charge in [-0.25, -0.2) is 4.79 Å². The Bertz CT molecular complexity index is 1750. The molecule has 2 aliphatic rings. The van der Waals surface area contributed by atoms with Gasteiger partial charge in [0.15, 0.2) is 5.78 Å². The van der Waals surface area contributed by atoms with Crippen LogP contribution in [0, 0.1) is 0 Å². The Kier molecular flexibility index (Phi) is 13.0. The van der Waals surface area contributed by atoms with Crippen molar-refractivity contribution in [1.82, 2.24) is 9.80 Å². The Labute approximate surface area is 325 Å². The van der Waals surface area contributed by atoms with Crippen molar-refractivity contribution < 1.29 is 29.0 Å². The first-order chi connectivity index (χ1) is 24.4. The number of benzene rings is 2. The first kappa shape index (κ1) is 44.6. The molecule has 2 fully saturated rings. The monoisotopic (exact) mass is 745 g/mol. The molecule has 1 N–H and O–H groups in total. The van der Waals surface area contributed by atoms with Gasteiger partial charge < -0.3 is 14.7 Å². The Hall–Kier alpha value is -3.78. The van der Waals surface area contributed by atoms with E-state index in [4.69, 9.17) is 4.74 Å². The molecule has 0 bridgehead atoms. The maximum Gasteiger partial charge on any atom is 0.343 e. The van der Waals surface area contributed by atoms with Crippen LogP contribution in [-0.2, 0) is 25.8 Å². The van der Waals surface area contributed by atoms with E-state index in [1.807, 2.05) is 93.2 Å². The molecule has 0 aromatic heterocycles. The van der Waals surface area contributed by atoms with E-state index in [-0.39, 0.29) is 50.5 Å². The summed E-state index contributed by atoms with van der Waals surface area (Å²) in [5.74, 6) is 0.631. The highest BCUT2D eigenvalue weighted by Crippen LogP contribution is 2.43. The molecule has 0 radical (unpaired) electrons. The third kappa shape index (κ3) is 10.5. The molecule has 1 amide bonds. The van der Waals surface area contributed by atoms with Crippen molar-refractivity contribution in [2.45, 2.75) is 170 Å². The summed E-state index contributed by atoms with van der Waals surface area (Å²) in [4.78, 5) is 53.4. The fraction of sp³-hybridized carbons (Fsp3) is 0.609. The number of likely N-dealkylation sites (tertiary alicyclic amines) is 2. The summed E-state index contributed by atoms with van der Waals surface area (Å²) in [7, 11) is 0. The fourth-order valence-corrected chi connectivity index (χ4v) is 7.85. The smallest absolute Gasteiger partial charge is 0.343 e. The van der Waals surface area contributed by atoms with Gasteiger partial charge in [0.2, 0.25) is 5.91 Å². The predicted molar refractivity (Wildman–Crippen MR) is 220 cm³/mol. The third-order valence-corrected chi connectivity index (χ3v) is 10.6. The maximum atomic E-state index is 13.6. The first-order valence-electron chi connectivity index (χ1n) is 19.4. The summed E-state index contributed by atoms with van der Waals surface area (Å²) in [6, 6.07) is 7.40. The van der Waals surface area contributed by atoms with Crippen molar-refractivity contribution in [3.63, 3.8) is 0 Å². The number of rotatable bonds is 7. The number of hydrogen-bond acceptors (Lipinski definition) is 7. The van der Waals surface area contributed by atoms with Gasteiger partial charge in [-0.05, 0) is 109 Å². The second-order valence-electron chi connectivity index (χ2n) is 20.1. The lowest BCUT2D eigenvalue weighted by molar-refractivity contribution is -0.151. The highest BCUT2D eigenvalue weighted by Gasteiger charge is 2.48. The van der Waals surface area contributed by atoms with Gasteiger partial charge in [-0.2, -0.15) is 0 Å². The zero-order valence-corrected chi connectivity index (χ0v) is 36.4. The first-order valence-corrected chi connectivity index (χ1v) is 19.4. The fourth-order valence-electron chi connectivity index (χ4n) is 7.85. The number of esters is 1. The summed E-state index contributed by atoms with van der Waals surface area (Å²) >= 11 is 0. The Morgan fingerprint density at radius 3 is 1.59 bits per heavy atom. The van der Waals surface area contributed by atoms with Crippen LogP contribution in [0.5, 0.6) is 11.5 Å². The lowest BCUT2D eigenvalue weighted by Crippen LogP contribution is -2.67. The third-order valence-electron chi connectivity index (χ3n) is 10.6. The van der Waals surface area contributed by atoms with Gasteiger partial charge in [0, 0.05) is 57.9 Å². The average Bonchev–Trinajstić information content (AvgIpc) is 2.96. The summed E-state index contributed by atoms with van der Waals surface area (Å²) in [6.07, 6.45) is 4.54. The summed E-state index contributed by atoms with van der Waals surface area (Å²) < 4.78 is 6.12. The van der Waals surface area contributed by atoms with Gasteiger partial charge >= 0.3 is 5.97 Å². The molecular weight excluding hydrogens is 677 g/mol. The van der Waals surface area contributed by atoms with E-state index in [9.17, 15) is 24.3 Å². The van der Waals surface area contributed by atoms with Gasteiger partial charge in [0.1, 0.15) is 17.3 Å². The van der Waals surface area contributed by atoms with Crippen molar-refractivity contribution in [2.75, 3.05) is 13.1 Å². The van der Waals surface area contributed by atoms with Crippen LogP contribution >= 0.6 is 0 Å². The van der Waals surface area contributed by atoms with E-state index >= 15 is 0 Å². The molecule has 2 aliphatic heterocycles. The number of phenols is 1. The zero-order chi connectivity index (χ0) is 41.5. The number of carbonyl (C=O) groups excluding carboxylic acids is 4. The van der Waals surface area contributed by atoms with Crippen LogP contribution in [0.1, 0.15) is 180 Å². The van der Waals surface area contributed by atoms with Crippen LogP contribution in [0.25, 0.3) is 6.08 Å². The molecule has 4 rings (SSSR count). The van der Waals surface area contributed by atoms with Gasteiger partial charge in [0.05, 0.1) is 12.1 Å². The molecule has 2 aromatic rings. The zero-order valence-electron chi connectivity index (χ0n) is 36.4. The molecule has 0 spiro atoms. The number of hydrogen-bond donors (Lipinski definition) is 1. The second-order valence-corrected chi connectivity index (χ2v) is 20.1. The maximum absolute atomic E-state index is 13.6. The molecular formula is C46H68N2O6. The van der Waals surface area contributed by atoms with E-state index in [2.05, 4.69) is 32.6 Å². The Morgan fingerprint density at radius 2 is 1.24 bits per heavy atom. The number of β-lactam (4-membered cyclic amide) rings is 1. The molecule has 2 saturated heterocycles. The number of amides is 1. The largest absolute Gasteiger partial charge is 0.507 e. The number of ether oxygens (including phenoxy) is 1. The minimum absolute atomic E-state index is 0.0417. The highest BCUT2D eigenvalue weighted by atomic mass is 16.5. The SMILES string of the molecule is CC(=O)CN1C(C)(C)CC(N2CCC2=O)CC1(C)C.CC(=O)c1cc(C=C(C)C)c(OC(=O)c2cc(C(C)(C)C)c(O)c(C(C)(C)C)c2)c(C(C)(C)C)c1. The van der Waals surface area contributed by atoms with E-state index in [0.29, 0.717) is 52.6 Å². The number of piperidine rings is 1. The standard InChI is InChI=1S/C31H42O4.C15H26N2O2/c1-18(2)13-21-14-20(19(3)32)15-25(31(10,11)12)27(21)35-28(34)22-16-23(29(4,5)6)26(33)24(17-22)30(7,8)9;1-11(18)10-17-14(2,3)8-12(9-15(17,4)5)16-7-6-13(16)19/h13-17,33H,1-12H3;12H,6-10H2,1-5H3. The predicted octanol–water partition coefficient (Wildman–Crippen LogP) is 9.96. The summed E-state index contributed by atoms with van der Waals surface area (Å²) in [6.45, 7) is 35.4. The van der Waals surface area contributed by atoms with Crippen molar-refractivity contribution in [3.05, 3.63) is 63.2 Å². The number of Topliss-reactive ketones (excluding diaryl/α,β-unsaturated/α-hetero) is 2. The molecule has 8 nitrogen and oxygen atoms in total. The Balaban J connectivity index is 0.000000345. The molecule has 0 saturated carbocycles. The van der Waals surface area contributed by atoms with E-state index < -0.39 is 5.97 Å². The van der Waals surface area contributed by atoms with Crippen molar-refractivity contribution in [3.8, 4) is 11.5 Å². The van der Waals surface area contributed by atoms with Crippen LogP contribution in [0.2, 0.25) is 0 Å². The van der Waals surface area contributed by atoms with Crippen molar-refractivity contribution in [1.29, 1.82) is 0 Å². The van der Waals surface area contributed by atoms with Gasteiger partial charge in [-0.1, -0.05) is 74.0 Å². The average molecular weight is 745 g/mol. The number of aromatic hydroxyl groups is 1. The number of phenolic OH excluding ortho intramolecular Hbond substituents is 1. The molecule has 54 heavy (non-hydrogen) atoms. The van der Waals surface area contributed by atoms with E-state index in [1.165, 1.54) is 6.92 Å². The number of allylic oxidation sites excluding steroid dienone is 1. The van der Waals surface area contributed by atoms with Crippen molar-refractivity contribution in [2.24, 2.45) is 0 Å². The van der Waals surface area contributed by atoms with Crippen LogP contribution in [0.3, 0.4) is 0 Å². The minimum atomic E-state index is -0.495. The molecule has 0 aliphatic carbocycles. The molecule has 2 aromatic carbocycles. The molecule has 298 valence electrons. The number of ketones is 2. The molecule has 2 heterocycles. The van der Waals surface area contributed by atoms with Crippen molar-refractivity contribution >= 4 is 29.5 Å². The molecule has 8 heteroatoms. The topological polar surface area (TPSA) is 104 Å². The van der Waals surface area contributed by atoms with Crippen LogP contribution in [-0.4, -0.2) is 68.6 Å². The van der Waals surface area contributed by atoms with Crippen LogP contribution in [0.4, 0.5) is 0 Å². The lowest BCUT2D eigenvalue weighted by Gasteiger charge is -2.57. The quantitative estimate of drug-likeness (QED) is 0.130. The Morgan fingerprint density at radius 1 is 0.778 bits per heavy atom. The lowest BCUT2D eigenvalue weighted by atomic mass is 9.75. The second kappa shape index (κ2) is 15.8. The highest BCUT2D eigenvalue weighted by molar-refractivity contribution is 5.97.